The molecule has 2 aliphatic rings. The number of β-amino-alcohol motifs (C(OH)–C–C–N with tert-alkyl or cyclic N) is 1. The van der Waals surface area contributed by atoms with Crippen LogP contribution in [0.25, 0.3) is 21.9 Å². The van der Waals surface area contributed by atoms with E-state index in [2.05, 4.69) is 32.7 Å². The molecule has 2 fully saturated rings. The van der Waals surface area contributed by atoms with Crippen molar-refractivity contribution in [3.05, 3.63) is 41.6 Å². The number of anilines is 1. The van der Waals surface area contributed by atoms with Gasteiger partial charge in [-0.25, -0.2) is 4.98 Å². The number of fused-ring (bicyclic) bond motifs is 3. The van der Waals surface area contributed by atoms with Crippen molar-refractivity contribution in [3.63, 3.8) is 0 Å². The Morgan fingerprint density at radius 2 is 2.12 bits per heavy atom. The Kier molecular flexibility index (Phi) is 4.74. The third-order valence-corrected chi connectivity index (χ3v) is 6.45. The zero-order chi connectivity index (χ0) is 22.5. The van der Waals surface area contributed by atoms with Crippen molar-refractivity contribution < 1.29 is 14.4 Å². The third kappa shape index (κ3) is 3.50. The first-order valence-corrected chi connectivity index (χ1v) is 11.2. The highest BCUT2D eigenvalue weighted by atomic mass is 16.5. The van der Waals surface area contributed by atoms with E-state index in [-0.39, 0.29) is 18.2 Å². The summed E-state index contributed by atoms with van der Waals surface area (Å²) in [6, 6.07) is 8.40. The van der Waals surface area contributed by atoms with E-state index in [1.807, 2.05) is 17.0 Å². The Labute approximate surface area is 189 Å². The molecule has 2 atom stereocenters. The summed E-state index contributed by atoms with van der Waals surface area (Å²) < 4.78 is 13.5. The monoisotopic (exact) mass is 445 g/mol. The van der Waals surface area contributed by atoms with Crippen molar-refractivity contribution in [2.75, 3.05) is 24.6 Å². The first-order chi connectivity index (χ1) is 16.1. The average Bonchev–Trinajstić information content (AvgIpc) is 3.41. The largest absolute Gasteiger partial charge is 0.389 e. The molecule has 3 aromatic heterocycles. The highest BCUT2D eigenvalue weighted by Gasteiger charge is 2.30. The van der Waals surface area contributed by atoms with Gasteiger partial charge in [-0.05, 0) is 38.0 Å². The molecule has 10 nitrogen and oxygen atoms in total. The van der Waals surface area contributed by atoms with Crippen LogP contribution in [0, 0.1) is 11.3 Å². The molecule has 0 aliphatic carbocycles. The standard InChI is InChI=1S/C23H23N7O3/c1-13-6-15(4-5-32-13)30-21(8-20-27-23(33-28-20)29-11-16(31)12-29)26-19-10-25-18-3-2-14(9-24)7-17(18)22(19)30/h2-3,7,10,13,15-16,31H,4-6,8,11-12H2,1H3/t13-,15-/m1/s1. The van der Waals surface area contributed by atoms with Gasteiger partial charge < -0.3 is 23.8 Å². The number of aromatic nitrogens is 5. The number of hydrogen-bond acceptors (Lipinski definition) is 9. The highest BCUT2D eigenvalue weighted by molar-refractivity contribution is 6.02. The molecule has 0 radical (unpaired) electrons. The number of aliphatic hydroxyl groups is 1. The predicted octanol–water partition coefficient (Wildman–Crippen LogP) is 2.35. The van der Waals surface area contributed by atoms with Gasteiger partial charge in [0.25, 0.3) is 0 Å². The lowest BCUT2D eigenvalue weighted by Gasteiger charge is -2.33. The summed E-state index contributed by atoms with van der Waals surface area (Å²) in [6.45, 7) is 3.77. The quantitative estimate of drug-likeness (QED) is 0.504. The molecule has 168 valence electrons. The van der Waals surface area contributed by atoms with E-state index in [0.29, 0.717) is 43.5 Å². The van der Waals surface area contributed by atoms with E-state index >= 15 is 0 Å². The van der Waals surface area contributed by atoms with Gasteiger partial charge in [-0.3, -0.25) is 4.98 Å². The molecule has 5 heterocycles. The summed E-state index contributed by atoms with van der Waals surface area (Å²) in [6.07, 6.45) is 3.72. The normalized spacial score (nSPS) is 21.4. The summed E-state index contributed by atoms with van der Waals surface area (Å²) in [5.41, 5.74) is 3.17. The Morgan fingerprint density at radius 3 is 2.91 bits per heavy atom. The van der Waals surface area contributed by atoms with Crippen LogP contribution in [0.2, 0.25) is 0 Å². The maximum absolute atomic E-state index is 9.55. The van der Waals surface area contributed by atoms with E-state index in [1.165, 1.54) is 0 Å². The van der Waals surface area contributed by atoms with E-state index in [9.17, 15) is 10.4 Å². The van der Waals surface area contributed by atoms with Gasteiger partial charge in [-0.15, -0.1) is 0 Å². The third-order valence-electron chi connectivity index (χ3n) is 6.45. The van der Waals surface area contributed by atoms with Gasteiger partial charge in [0.15, 0.2) is 5.82 Å². The second-order valence-corrected chi connectivity index (χ2v) is 8.82. The topological polar surface area (TPSA) is 126 Å². The first-order valence-electron chi connectivity index (χ1n) is 11.2. The number of nitriles is 1. The Bertz CT molecular complexity index is 1380. The van der Waals surface area contributed by atoms with Gasteiger partial charge in [0.05, 0.1) is 60.6 Å². The molecular formula is C23H23N7O3. The van der Waals surface area contributed by atoms with Crippen LogP contribution < -0.4 is 4.90 Å². The van der Waals surface area contributed by atoms with Crippen LogP contribution in [-0.2, 0) is 11.2 Å². The second-order valence-electron chi connectivity index (χ2n) is 8.82. The maximum atomic E-state index is 9.55. The van der Waals surface area contributed by atoms with Gasteiger partial charge in [0.1, 0.15) is 11.3 Å². The molecule has 0 amide bonds. The number of rotatable bonds is 4. The van der Waals surface area contributed by atoms with Gasteiger partial charge in [0, 0.05) is 18.0 Å². The predicted molar refractivity (Wildman–Crippen MR) is 119 cm³/mol. The molecule has 0 unspecified atom stereocenters. The zero-order valence-electron chi connectivity index (χ0n) is 18.2. The maximum Gasteiger partial charge on any atom is 0.324 e. The molecule has 4 aromatic rings. The van der Waals surface area contributed by atoms with Gasteiger partial charge in [0.2, 0.25) is 0 Å². The van der Waals surface area contributed by atoms with Crippen LogP contribution in [0.5, 0.6) is 0 Å². The minimum atomic E-state index is -0.348. The smallest absolute Gasteiger partial charge is 0.324 e. The number of hydrogen-bond donors (Lipinski definition) is 1. The van der Waals surface area contributed by atoms with Gasteiger partial charge >= 0.3 is 6.01 Å². The molecule has 0 bridgehead atoms. The van der Waals surface area contributed by atoms with Crippen molar-refractivity contribution in [2.24, 2.45) is 0 Å². The van der Waals surface area contributed by atoms with Crippen molar-refractivity contribution in [3.8, 4) is 6.07 Å². The summed E-state index contributed by atoms with van der Waals surface area (Å²) in [5.74, 6) is 1.37. The molecule has 1 N–H and O–H groups in total. The fraction of sp³-hybridized carbons (Fsp3) is 0.435. The zero-order valence-corrected chi connectivity index (χ0v) is 18.2. The fourth-order valence-electron chi connectivity index (χ4n) is 4.82. The summed E-state index contributed by atoms with van der Waals surface area (Å²) >= 11 is 0. The lowest BCUT2D eigenvalue weighted by atomic mass is 10.0. The molecular weight excluding hydrogens is 422 g/mol. The molecule has 6 rings (SSSR count). The van der Waals surface area contributed by atoms with Crippen LogP contribution >= 0.6 is 0 Å². The SMILES string of the molecule is C[C@@H]1C[C@H](n2c(Cc3noc(N4CC(O)C4)n3)nc3cnc4ccc(C#N)cc4c32)CCO1. The molecule has 33 heavy (non-hydrogen) atoms. The number of nitrogens with zero attached hydrogens (tertiary/aromatic N) is 7. The lowest BCUT2D eigenvalue weighted by Crippen LogP contribution is -2.51. The lowest BCUT2D eigenvalue weighted by molar-refractivity contribution is 0.00630. The Balaban J connectivity index is 1.47. The van der Waals surface area contributed by atoms with Gasteiger partial charge in [-0.2, -0.15) is 10.2 Å². The Hall–Kier alpha value is -3.55. The van der Waals surface area contributed by atoms with Crippen LogP contribution in [0.1, 0.15) is 43.0 Å². The highest BCUT2D eigenvalue weighted by Crippen LogP contribution is 2.34. The van der Waals surface area contributed by atoms with Crippen molar-refractivity contribution >= 4 is 28.0 Å². The van der Waals surface area contributed by atoms with Crippen molar-refractivity contribution in [1.29, 1.82) is 5.26 Å². The summed E-state index contributed by atoms with van der Waals surface area (Å²) in [5, 5.41) is 24.1. The first kappa shape index (κ1) is 20.1. The number of imidazole rings is 1. The van der Waals surface area contributed by atoms with Gasteiger partial charge in [-0.1, -0.05) is 5.16 Å². The van der Waals surface area contributed by atoms with Crippen LogP contribution in [-0.4, -0.2) is 61.7 Å². The summed E-state index contributed by atoms with van der Waals surface area (Å²) in [4.78, 5) is 15.9. The van der Waals surface area contributed by atoms with E-state index in [4.69, 9.17) is 14.2 Å². The van der Waals surface area contributed by atoms with E-state index in [0.717, 1.165) is 40.6 Å². The minimum absolute atomic E-state index is 0.145. The van der Waals surface area contributed by atoms with Crippen LogP contribution in [0.4, 0.5) is 6.01 Å². The second kappa shape index (κ2) is 7.79. The molecule has 2 aliphatic heterocycles. The fourth-order valence-corrected chi connectivity index (χ4v) is 4.82. The minimum Gasteiger partial charge on any atom is -0.389 e. The number of aliphatic hydroxyl groups excluding tert-OH is 1. The van der Waals surface area contributed by atoms with E-state index in [1.54, 1.807) is 12.3 Å². The van der Waals surface area contributed by atoms with E-state index < -0.39 is 0 Å². The molecule has 2 saturated heterocycles. The number of ether oxygens (including phenoxy) is 1. The van der Waals surface area contributed by atoms with Crippen LogP contribution in [0.3, 0.4) is 0 Å². The molecule has 10 heteroatoms. The van der Waals surface area contributed by atoms with Crippen molar-refractivity contribution in [1.82, 2.24) is 24.7 Å². The van der Waals surface area contributed by atoms with Crippen molar-refractivity contribution in [2.45, 2.75) is 44.4 Å². The molecule has 0 saturated carbocycles. The molecule has 0 spiro atoms. The number of pyridine rings is 1. The summed E-state index contributed by atoms with van der Waals surface area (Å²) in [7, 11) is 0. The molecule has 1 aromatic carbocycles. The number of benzene rings is 1. The Morgan fingerprint density at radius 1 is 1.24 bits per heavy atom. The van der Waals surface area contributed by atoms with Crippen LogP contribution in [0.15, 0.2) is 28.9 Å². The average molecular weight is 445 g/mol.